The van der Waals surface area contributed by atoms with Crippen LogP contribution in [0.25, 0.3) is 22.0 Å². The van der Waals surface area contributed by atoms with Gasteiger partial charge in [0.2, 0.25) is 5.91 Å². The molecule has 4 rings (SSSR count). The molecule has 134 valence electrons. The van der Waals surface area contributed by atoms with Crippen LogP contribution in [-0.4, -0.2) is 54.0 Å². The Kier molecular flexibility index (Phi) is 4.34. The number of nitrogens with one attached hydrogen (secondary N) is 1. The second-order valence-corrected chi connectivity index (χ2v) is 6.88. The van der Waals surface area contributed by atoms with Gasteiger partial charge in [0.15, 0.2) is 0 Å². The molecule has 6 nitrogen and oxygen atoms in total. The molecule has 0 bridgehead atoms. The SMILES string of the molecule is CN1CCCN(c2ccc(-c3cc(C(N)=O)c4cc[nH]c4c3)cn2)CC1. The first-order valence-corrected chi connectivity index (χ1v) is 8.93. The first-order chi connectivity index (χ1) is 12.6. The molecule has 1 amide bonds. The van der Waals surface area contributed by atoms with E-state index in [2.05, 4.69) is 38.9 Å². The van der Waals surface area contributed by atoms with Gasteiger partial charge in [0, 0.05) is 54.1 Å². The van der Waals surface area contributed by atoms with E-state index < -0.39 is 5.91 Å². The highest BCUT2D eigenvalue weighted by Crippen LogP contribution is 2.28. The first kappa shape index (κ1) is 16.6. The fourth-order valence-electron chi connectivity index (χ4n) is 3.56. The molecule has 3 aromatic rings. The number of hydrogen-bond acceptors (Lipinski definition) is 4. The van der Waals surface area contributed by atoms with Crippen LogP contribution in [-0.2, 0) is 0 Å². The molecule has 0 spiro atoms. The Hall–Kier alpha value is -2.86. The molecular weight excluding hydrogens is 326 g/mol. The van der Waals surface area contributed by atoms with Gasteiger partial charge in [-0.2, -0.15) is 0 Å². The summed E-state index contributed by atoms with van der Waals surface area (Å²) in [6.45, 7) is 4.19. The molecule has 3 heterocycles. The zero-order chi connectivity index (χ0) is 18.1. The third-order valence-corrected chi connectivity index (χ3v) is 5.06. The Balaban J connectivity index is 1.64. The molecule has 0 radical (unpaired) electrons. The standard InChI is InChI=1S/C20H23N5O/c1-24-7-2-8-25(10-9-24)19-4-3-14(13-23-19)15-11-17(20(21)26)16-5-6-22-18(16)12-15/h3-6,11-13,22H,2,7-10H2,1H3,(H2,21,26). The zero-order valence-corrected chi connectivity index (χ0v) is 14.9. The van der Waals surface area contributed by atoms with Gasteiger partial charge < -0.3 is 20.5 Å². The third kappa shape index (κ3) is 3.15. The number of amides is 1. The Labute approximate surface area is 152 Å². The Morgan fingerprint density at radius 3 is 2.77 bits per heavy atom. The first-order valence-electron chi connectivity index (χ1n) is 8.93. The molecule has 1 aliphatic rings. The van der Waals surface area contributed by atoms with E-state index >= 15 is 0 Å². The number of benzene rings is 1. The monoisotopic (exact) mass is 349 g/mol. The number of pyridine rings is 1. The molecule has 1 saturated heterocycles. The van der Waals surface area contributed by atoms with Crippen molar-refractivity contribution in [2.45, 2.75) is 6.42 Å². The van der Waals surface area contributed by atoms with Crippen molar-refractivity contribution in [2.24, 2.45) is 5.73 Å². The largest absolute Gasteiger partial charge is 0.366 e. The lowest BCUT2D eigenvalue weighted by Crippen LogP contribution is -2.29. The second-order valence-electron chi connectivity index (χ2n) is 6.88. The number of rotatable bonds is 3. The van der Waals surface area contributed by atoms with Crippen LogP contribution >= 0.6 is 0 Å². The van der Waals surface area contributed by atoms with Gasteiger partial charge in [-0.25, -0.2) is 4.98 Å². The number of primary amides is 1. The molecule has 1 fully saturated rings. The summed E-state index contributed by atoms with van der Waals surface area (Å²) in [5.74, 6) is 0.579. The lowest BCUT2D eigenvalue weighted by Gasteiger charge is -2.21. The summed E-state index contributed by atoms with van der Waals surface area (Å²) in [5.41, 5.74) is 8.89. The summed E-state index contributed by atoms with van der Waals surface area (Å²) in [5, 5.41) is 0.847. The zero-order valence-electron chi connectivity index (χ0n) is 14.9. The van der Waals surface area contributed by atoms with Gasteiger partial charge in [0.1, 0.15) is 5.82 Å². The number of carbonyl (C=O) groups is 1. The smallest absolute Gasteiger partial charge is 0.249 e. The topological polar surface area (TPSA) is 78.2 Å². The molecule has 26 heavy (non-hydrogen) atoms. The molecule has 0 saturated carbocycles. The molecule has 6 heteroatoms. The van der Waals surface area contributed by atoms with Crippen LogP contribution < -0.4 is 10.6 Å². The Morgan fingerprint density at radius 2 is 2.00 bits per heavy atom. The second kappa shape index (κ2) is 6.80. The number of anilines is 1. The van der Waals surface area contributed by atoms with Crippen LogP contribution in [0.4, 0.5) is 5.82 Å². The average Bonchev–Trinajstić information content (AvgIpc) is 3.02. The van der Waals surface area contributed by atoms with E-state index in [1.54, 1.807) is 0 Å². The third-order valence-electron chi connectivity index (χ3n) is 5.06. The number of nitrogens with two attached hydrogens (primary N) is 1. The number of hydrogen-bond donors (Lipinski definition) is 2. The Bertz CT molecular complexity index is 931. The van der Waals surface area contributed by atoms with Gasteiger partial charge in [-0.05, 0) is 55.9 Å². The minimum atomic E-state index is -0.422. The normalized spacial score (nSPS) is 16.0. The Morgan fingerprint density at radius 1 is 1.12 bits per heavy atom. The molecule has 0 aliphatic carbocycles. The van der Waals surface area contributed by atoms with Crippen LogP contribution in [0.5, 0.6) is 0 Å². The van der Waals surface area contributed by atoms with Crippen LogP contribution in [0, 0.1) is 0 Å². The van der Waals surface area contributed by atoms with Crippen LogP contribution in [0.1, 0.15) is 16.8 Å². The number of likely N-dealkylation sites (N-methyl/N-ethyl adjacent to an activating group) is 1. The highest BCUT2D eigenvalue weighted by Gasteiger charge is 2.15. The number of H-pyrrole nitrogens is 1. The maximum Gasteiger partial charge on any atom is 0.249 e. The molecular formula is C20H23N5O. The van der Waals surface area contributed by atoms with Crippen LogP contribution in [0.3, 0.4) is 0 Å². The van der Waals surface area contributed by atoms with E-state index in [9.17, 15) is 4.79 Å². The molecule has 0 unspecified atom stereocenters. The van der Waals surface area contributed by atoms with E-state index in [1.807, 2.05) is 30.6 Å². The molecule has 1 aromatic carbocycles. The molecule has 3 N–H and O–H groups in total. The van der Waals surface area contributed by atoms with E-state index in [4.69, 9.17) is 5.73 Å². The van der Waals surface area contributed by atoms with Crippen molar-refractivity contribution in [2.75, 3.05) is 38.1 Å². The summed E-state index contributed by atoms with van der Waals surface area (Å²) < 4.78 is 0. The van der Waals surface area contributed by atoms with Gasteiger partial charge in [0.05, 0.1) is 0 Å². The van der Waals surface area contributed by atoms with Crippen molar-refractivity contribution < 1.29 is 4.79 Å². The molecule has 0 atom stereocenters. The van der Waals surface area contributed by atoms with Crippen molar-refractivity contribution in [3.05, 3.63) is 48.3 Å². The van der Waals surface area contributed by atoms with Crippen molar-refractivity contribution in [1.29, 1.82) is 0 Å². The minimum Gasteiger partial charge on any atom is -0.366 e. The number of nitrogens with zero attached hydrogens (tertiary/aromatic N) is 3. The van der Waals surface area contributed by atoms with E-state index in [0.717, 1.165) is 60.4 Å². The predicted octanol–water partition coefficient (Wildman–Crippen LogP) is 2.47. The number of aromatic nitrogens is 2. The number of aromatic amines is 1. The van der Waals surface area contributed by atoms with E-state index in [-0.39, 0.29) is 0 Å². The highest BCUT2D eigenvalue weighted by molar-refractivity contribution is 6.07. The van der Waals surface area contributed by atoms with Crippen molar-refractivity contribution in [3.63, 3.8) is 0 Å². The number of fused-ring (bicyclic) bond motifs is 1. The van der Waals surface area contributed by atoms with Gasteiger partial charge in [-0.1, -0.05) is 0 Å². The minimum absolute atomic E-state index is 0.422. The van der Waals surface area contributed by atoms with Crippen molar-refractivity contribution >= 4 is 22.6 Å². The van der Waals surface area contributed by atoms with Gasteiger partial charge in [-0.15, -0.1) is 0 Å². The quantitative estimate of drug-likeness (QED) is 0.761. The lowest BCUT2D eigenvalue weighted by atomic mass is 10.0. The fourth-order valence-corrected chi connectivity index (χ4v) is 3.56. The summed E-state index contributed by atoms with van der Waals surface area (Å²) in [4.78, 5) is 24.3. The van der Waals surface area contributed by atoms with Gasteiger partial charge >= 0.3 is 0 Å². The van der Waals surface area contributed by atoms with Gasteiger partial charge in [0.25, 0.3) is 0 Å². The summed E-state index contributed by atoms with van der Waals surface area (Å²) in [6, 6.07) is 9.86. The van der Waals surface area contributed by atoms with Crippen LogP contribution in [0.15, 0.2) is 42.7 Å². The maximum atomic E-state index is 11.8. The van der Waals surface area contributed by atoms with Crippen molar-refractivity contribution in [3.8, 4) is 11.1 Å². The predicted molar refractivity (Wildman–Crippen MR) is 104 cm³/mol. The van der Waals surface area contributed by atoms with Crippen LogP contribution in [0.2, 0.25) is 0 Å². The molecule has 2 aromatic heterocycles. The maximum absolute atomic E-state index is 11.8. The molecule has 1 aliphatic heterocycles. The summed E-state index contributed by atoms with van der Waals surface area (Å²) in [7, 11) is 2.16. The summed E-state index contributed by atoms with van der Waals surface area (Å²) >= 11 is 0. The fraction of sp³-hybridized carbons (Fsp3) is 0.300. The highest BCUT2D eigenvalue weighted by atomic mass is 16.1. The summed E-state index contributed by atoms with van der Waals surface area (Å²) in [6.07, 6.45) is 4.84. The number of carbonyl (C=O) groups excluding carboxylic acids is 1. The van der Waals surface area contributed by atoms with Gasteiger partial charge in [-0.3, -0.25) is 4.79 Å². The van der Waals surface area contributed by atoms with Crippen molar-refractivity contribution in [1.82, 2.24) is 14.9 Å². The average molecular weight is 349 g/mol. The van der Waals surface area contributed by atoms with E-state index in [0.29, 0.717) is 5.56 Å². The lowest BCUT2D eigenvalue weighted by molar-refractivity contribution is 0.100. The van der Waals surface area contributed by atoms with E-state index in [1.165, 1.54) is 0 Å².